The van der Waals surface area contributed by atoms with Crippen molar-refractivity contribution in [2.24, 2.45) is 0 Å². The summed E-state index contributed by atoms with van der Waals surface area (Å²) in [6, 6.07) is 7.92. The van der Waals surface area contributed by atoms with Gasteiger partial charge in [0.25, 0.3) is 0 Å². The van der Waals surface area contributed by atoms with Crippen LogP contribution in [-0.4, -0.2) is 20.8 Å². The van der Waals surface area contributed by atoms with Gasteiger partial charge in [-0.15, -0.1) is 0 Å². The highest BCUT2D eigenvalue weighted by atomic mass is 32.2. The lowest BCUT2D eigenvalue weighted by Gasteiger charge is -2.10. The van der Waals surface area contributed by atoms with Gasteiger partial charge >= 0.3 is 0 Å². The summed E-state index contributed by atoms with van der Waals surface area (Å²) in [6.07, 6.45) is 3.08. The molecule has 1 aromatic carbocycles. The van der Waals surface area contributed by atoms with Crippen LogP contribution in [0.5, 0.6) is 0 Å². The molecule has 18 heavy (non-hydrogen) atoms. The van der Waals surface area contributed by atoms with Crippen molar-refractivity contribution in [1.82, 2.24) is 9.97 Å². The van der Waals surface area contributed by atoms with E-state index in [0.29, 0.717) is 10.9 Å². The quantitative estimate of drug-likeness (QED) is 0.678. The second-order valence-electron chi connectivity index (χ2n) is 4.28. The van der Waals surface area contributed by atoms with Gasteiger partial charge in [-0.2, -0.15) is 0 Å². The van der Waals surface area contributed by atoms with Crippen LogP contribution in [-0.2, 0) is 0 Å². The van der Waals surface area contributed by atoms with Gasteiger partial charge in [0.15, 0.2) is 5.16 Å². The van der Waals surface area contributed by atoms with Gasteiger partial charge in [-0.25, -0.2) is 9.97 Å². The Balaban J connectivity index is 1.93. The molecule has 1 unspecified atom stereocenters. The van der Waals surface area contributed by atoms with Gasteiger partial charge in [0.2, 0.25) is 0 Å². The number of hydrogen-bond donors (Lipinski definition) is 1. The maximum absolute atomic E-state index is 10.1. The highest BCUT2D eigenvalue weighted by molar-refractivity contribution is 7.99. The SMILES string of the molecule is Cc1ccc(C(O)CSc2ncc(C)cn2)cc1. The Hall–Kier alpha value is -1.39. The van der Waals surface area contributed by atoms with Crippen molar-refractivity contribution in [2.45, 2.75) is 25.1 Å². The zero-order chi connectivity index (χ0) is 13.0. The number of hydrogen-bond acceptors (Lipinski definition) is 4. The third kappa shape index (κ3) is 3.55. The molecule has 0 saturated carbocycles. The largest absolute Gasteiger partial charge is 0.388 e. The molecule has 1 atom stereocenters. The first-order valence-electron chi connectivity index (χ1n) is 5.81. The molecule has 0 aliphatic carbocycles. The van der Waals surface area contributed by atoms with Crippen molar-refractivity contribution in [3.05, 3.63) is 53.3 Å². The molecule has 1 heterocycles. The van der Waals surface area contributed by atoms with Gasteiger partial charge in [-0.1, -0.05) is 41.6 Å². The highest BCUT2D eigenvalue weighted by Crippen LogP contribution is 2.22. The fourth-order valence-electron chi connectivity index (χ4n) is 1.49. The van der Waals surface area contributed by atoms with E-state index in [1.165, 1.54) is 17.3 Å². The minimum Gasteiger partial charge on any atom is -0.388 e. The summed E-state index contributed by atoms with van der Waals surface area (Å²) in [5, 5.41) is 10.8. The summed E-state index contributed by atoms with van der Waals surface area (Å²) < 4.78 is 0. The minimum atomic E-state index is -0.486. The molecule has 0 aliphatic rings. The average Bonchev–Trinajstić information content (AvgIpc) is 2.38. The molecule has 0 bridgehead atoms. The standard InChI is InChI=1S/C14H16N2OS/c1-10-3-5-12(6-4-10)13(17)9-18-14-15-7-11(2)8-16-14/h3-8,13,17H,9H2,1-2H3. The molecule has 0 fully saturated rings. The molecule has 0 spiro atoms. The van der Waals surface area contributed by atoms with Crippen molar-refractivity contribution >= 4 is 11.8 Å². The fraction of sp³-hybridized carbons (Fsp3) is 0.286. The zero-order valence-electron chi connectivity index (χ0n) is 10.5. The number of aryl methyl sites for hydroxylation is 2. The van der Waals surface area contributed by atoms with Crippen molar-refractivity contribution in [1.29, 1.82) is 0 Å². The number of rotatable bonds is 4. The van der Waals surface area contributed by atoms with Gasteiger partial charge in [0.1, 0.15) is 0 Å². The molecular formula is C14H16N2OS. The molecule has 1 aromatic heterocycles. The Bertz CT molecular complexity index is 496. The minimum absolute atomic E-state index is 0.486. The highest BCUT2D eigenvalue weighted by Gasteiger charge is 2.08. The molecule has 2 aromatic rings. The van der Waals surface area contributed by atoms with Gasteiger partial charge < -0.3 is 5.11 Å². The molecule has 0 radical (unpaired) electrons. The number of benzene rings is 1. The maximum atomic E-state index is 10.1. The molecule has 0 amide bonds. The maximum Gasteiger partial charge on any atom is 0.187 e. The van der Waals surface area contributed by atoms with Crippen LogP contribution in [0.4, 0.5) is 0 Å². The predicted molar refractivity (Wildman–Crippen MR) is 73.6 cm³/mol. The topological polar surface area (TPSA) is 46.0 Å². The molecule has 0 saturated heterocycles. The molecule has 4 heteroatoms. The Kier molecular flexibility index (Phi) is 4.33. The van der Waals surface area contributed by atoms with Crippen molar-refractivity contribution in [3.8, 4) is 0 Å². The van der Waals surface area contributed by atoms with Crippen LogP contribution in [0.15, 0.2) is 41.8 Å². The van der Waals surface area contributed by atoms with E-state index in [9.17, 15) is 5.11 Å². The Morgan fingerprint density at radius 1 is 1.06 bits per heavy atom. The summed E-state index contributed by atoms with van der Waals surface area (Å²) in [4.78, 5) is 8.40. The van der Waals surface area contributed by atoms with E-state index < -0.39 is 6.10 Å². The first-order valence-corrected chi connectivity index (χ1v) is 6.80. The molecule has 3 nitrogen and oxygen atoms in total. The van der Waals surface area contributed by atoms with E-state index in [1.807, 2.05) is 38.1 Å². The number of nitrogens with zero attached hydrogens (tertiary/aromatic N) is 2. The molecule has 94 valence electrons. The summed E-state index contributed by atoms with van der Waals surface area (Å²) in [6.45, 7) is 3.99. The van der Waals surface area contributed by atoms with Gasteiger partial charge in [0.05, 0.1) is 6.10 Å². The van der Waals surface area contributed by atoms with Crippen LogP contribution in [0, 0.1) is 13.8 Å². The van der Waals surface area contributed by atoms with Crippen molar-refractivity contribution < 1.29 is 5.11 Å². The van der Waals surface area contributed by atoms with Gasteiger partial charge in [-0.05, 0) is 25.0 Å². The van der Waals surface area contributed by atoms with Gasteiger partial charge in [0, 0.05) is 18.1 Å². The molecule has 1 N–H and O–H groups in total. The third-order valence-electron chi connectivity index (χ3n) is 2.59. The van der Waals surface area contributed by atoms with Crippen LogP contribution in [0.3, 0.4) is 0 Å². The Morgan fingerprint density at radius 2 is 1.67 bits per heavy atom. The van der Waals surface area contributed by atoms with Crippen LogP contribution >= 0.6 is 11.8 Å². The summed E-state index contributed by atoms with van der Waals surface area (Å²) in [7, 11) is 0. The number of thioether (sulfide) groups is 1. The number of aromatic nitrogens is 2. The van der Waals surface area contributed by atoms with E-state index in [2.05, 4.69) is 9.97 Å². The Morgan fingerprint density at radius 3 is 2.28 bits per heavy atom. The van der Waals surface area contributed by atoms with E-state index in [4.69, 9.17) is 0 Å². The van der Waals surface area contributed by atoms with E-state index in [0.717, 1.165) is 11.1 Å². The van der Waals surface area contributed by atoms with E-state index >= 15 is 0 Å². The second-order valence-corrected chi connectivity index (χ2v) is 5.27. The lowest BCUT2D eigenvalue weighted by molar-refractivity contribution is 0.204. The molecule has 2 rings (SSSR count). The molecular weight excluding hydrogens is 244 g/mol. The van der Waals surface area contributed by atoms with Crippen LogP contribution < -0.4 is 0 Å². The van der Waals surface area contributed by atoms with Crippen LogP contribution in [0.2, 0.25) is 0 Å². The summed E-state index contributed by atoms with van der Waals surface area (Å²) in [5.41, 5.74) is 3.17. The summed E-state index contributed by atoms with van der Waals surface area (Å²) >= 11 is 1.46. The number of aliphatic hydroxyl groups is 1. The first kappa shape index (κ1) is 13.1. The first-order chi connectivity index (χ1) is 8.65. The lowest BCUT2D eigenvalue weighted by Crippen LogP contribution is -2.01. The Labute approximate surface area is 111 Å². The predicted octanol–water partition coefficient (Wildman–Crippen LogP) is 2.92. The zero-order valence-corrected chi connectivity index (χ0v) is 11.3. The average molecular weight is 260 g/mol. The van der Waals surface area contributed by atoms with E-state index in [-0.39, 0.29) is 0 Å². The normalized spacial score (nSPS) is 12.4. The van der Waals surface area contributed by atoms with E-state index in [1.54, 1.807) is 12.4 Å². The van der Waals surface area contributed by atoms with Crippen molar-refractivity contribution in [2.75, 3.05) is 5.75 Å². The lowest BCUT2D eigenvalue weighted by atomic mass is 10.1. The second kappa shape index (κ2) is 5.98. The molecule has 0 aliphatic heterocycles. The fourth-order valence-corrected chi connectivity index (χ4v) is 2.25. The number of aliphatic hydroxyl groups excluding tert-OH is 1. The van der Waals surface area contributed by atoms with Crippen LogP contribution in [0.1, 0.15) is 22.8 Å². The third-order valence-corrected chi connectivity index (χ3v) is 3.54. The monoisotopic (exact) mass is 260 g/mol. The van der Waals surface area contributed by atoms with Crippen LogP contribution in [0.25, 0.3) is 0 Å². The van der Waals surface area contributed by atoms with Gasteiger partial charge in [-0.3, -0.25) is 0 Å². The van der Waals surface area contributed by atoms with Crippen molar-refractivity contribution in [3.63, 3.8) is 0 Å². The smallest absolute Gasteiger partial charge is 0.187 e. The summed E-state index contributed by atoms with van der Waals surface area (Å²) in [5.74, 6) is 0.562.